The molecule has 0 aromatic heterocycles. The molecule has 1 atom stereocenters. The smallest absolute Gasteiger partial charge is 0.337 e. The van der Waals surface area contributed by atoms with Crippen LogP contribution in [0.3, 0.4) is 0 Å². The van der Waals surface area contributed by atoms with Crippen LogP contribution in [0.15, 0.2) is 22.7 Å². The maximum absolute atomic E-state index is 11.1. The summed E-state index contributed by atoms with van der Waals surface area (Å²) in [6.07, 6.45) is 3.07. The van der Waals surface area contributed by atoms with E-state index in [2.05, 4.69) is 34.4 Å². The first-order valence-electron chi connectivity index (χ1n) is 5.33. The average molecular weight is 318 g/mol. The quantitative estimate of drug-likeness (QED) is 0.840. The summed E-state index contributed by atoms with van der Waals surface area (Å²) < 4.78 is 0.877. The lowest BCUT2D eigenvalue weighted by molar-refractivity contribution is 0.0698. The largest absolute Gasteiger partial charge is 0.478 e. The predicted molar refractivity (Wildman–Crippen MR) is 77.2 cm³/mol. The third-order valence-corrected chi connectivity index (χ3v) is 3.51. The summed E-state index contributed by atoms with van der Waals surface area (Å²) in [5.74, 6) is 0.155. The molecule has 0 aliphatic carbocycles. The molecule has 0 fully saturated rings. The second kappa shape index (κ2) is 6.91. The van der Waals surface area contributed by atoms with E-state index >= 15 is 0 Å². The molecule has 17 heavy (non-hydrogen) atoms. The molecule has 1 aromatic carbocycles. The van der Waals surface area contributed by atoms with Crippen LogP contribution in [0.2, 0.25) is 0 Å². The second-order valence-corrected chi connectivity index (χ2v) is 5.72. The van der Waals surface area contributed by atoms with Gasteiger partial charge in [-0.25, -0.2) is 4.79 Å². The Morgan fingerprint density at radius 3 is 2.88 bits per heavy atom. The number of aromatic carboxylic acids is 1. The lowest BCUT2D eigenvalue weighted by atomic mass is 10.1. The summed E-state index contributed by atoms with van der Waals surface area (Å²) >= 11 is 5.14. The number of halogens is 1. The summed E-state index contributed by atoms with van der Waals surface area (Å²) in [6, 6.07) is 5.41. The van der Waals surface area contributed by atoms with E-state index in [1.54, 1.807) is 30.0 Å². The minimum atomic E-state index is -0.905. The number of carboxylic acid groups (broad SMARTS) is 1. The van der Waals surface area contributed by atoms with Crippen LogP contribution in [0.25, 0.3) is 0 Å². The van der Waals surface area contributed by atoms with Crippen molar-refractivity contribution in [3.8, 4) is 0 Å². The van der Waals surface area contributed by atoms with Crippen molar-refractivity contribution in [1.82, 2.24) is 0 Å². The van der Waals surface area contributed by atoms with E-state index in [0.717, 1.165) is 16.6 Å². The van der Waals surface area contributed by atoms with Crippen molar-refractivity contribution in [3.05, 3.63) is 28.2 Å². The highest BCUT2D eigenvalue weighted by atomic mass is 79.9. The van der Waals surface area contributed by atoms with E-state index in [-0.39, 0.29) is 6.04 Å². The van der Waals surface area contributed by atoms with E-state index in [9.17, 15) is 4.79 Å². The van der Waals surface area contributed by atoms with Gasteiger partial charge in [-0.15, -0.1) is 0 Å². The van der Waals surface area contributed by atoms with Crippen molar-refractivity contribution < 1.29 is 9.90 Å². The van der Waals surface area contributed by atoms with Gasteiger partial charge in [-0.05, 0) is 43.6 Å². The first-order valence-corrected chi connectivity index (χ1v) is 7.51. The second-order valence-electron chi connectivity index (χ2n) is 3.82. The zero-order valence-corrected chi connectivity index (χ0v) is 12.3. The maximum Gasteiger partial charge on any atom is 0.337 e. The minimum Gasteiger partial charge on any atom is -0.478 e. The average Bonchev–Trinajstić information content (AvgIpc) is 2.26. The molecule has 0 saturated carbocycles. The fraction of sp³-hybridized carbons (Fsp3) is 0.417. The normalized spacial score (nSPS) is 12.2. The summed E-state index contributed by atoms with van der Waals surface area (Å²) in [5, 5.41) is 12.3. The molecule has 0 bridgehead atoms. The lowest BCUT2D eigenvalue weighted by Gasteiger charge is -2.16. The van der Waals surface area contributed by atoms with Crippen LogP contribution in [0.4, 0.5) is 5.69 Å². The number of benzene rings is 1. The molecule has 1 aromatic rings. The molecule has 0 amide bonds. The van der Waals surface area contributed by atoms with Crippen LogP contribution < -0.4 is 5.32 Å². The van der Waals surface area contributed by atoms with Gasteiger partial charge in [0.15, 0.2) is 0 Å². The van der Waals surface area contributed by atoms with Gasteiger partial charge in [-0.3, -0.25) is 0 Å². The van der Waals surface area contributed by atoms with Crippen LogP contribution in [0.1, 0.15) is 23.7 Å². The summed E-state index contributed by atoms with van der Waals surface area (Å²) in [7, 11) is 0. The molecule has 1 rings (SSSR count). The zero-order valence-electron chi connectivity index (χ0n) is 9.87. The Kier molecular flexibility index (Phi) is 5.85. The van der Waals surface area contributed by atoms with E-state index in [1.165, 1.54) is 0 Å². The lowest BCUT2D eigenvalue weighted by Crippen LogP contribution is -2.18. The van der Waals surface area contributed by atoms with Crippen molar-refractivity contribution in [2.45, 2.75) is 19.4 Å². The molecule has 5 heteroatoms. The SMILES string of the molecule is CSCCC(C)Nc1cc(Br)ccc1C(=O)O. The molecule has 0 spiro atoms. The van der Waals surface area contributed by atoms with Crippen molar-refractivity contribution in [2.75, 3.05) is 17.3 Å². The minimum absolute atomic E-state index is 0.259. The first-order chi connectivity index (χ1) is 8.04. The summed E-state index contributed by atoms with van der Waals surface area (Å²) in [4.78, 5) is 11.1. The molecule has 1 unspecified atom stereocenters. The van der Waals surface area contributed by atoms with Crippen LogP contribution >= 0.6 is 27.7 Å². The van der Waals surface area contributed by atoms with Gasteiger partial charge in [0.2, 0.25) is 0 Å². The maximum atomic E-state index is 11.1. The molecule has 94 valence electrons. The monoisotopic (exact) mass is 317 g/mol. The molecule has 3 nitrogen and oxygen atoms in total. The van der Waals surface area contributed by atoms with Crippen LogP contribution in [0.5, 0.6) is 0 Å². The van der Waals surface area contributed by atoms with Crippen molar-refractivity contribution in [3.63, 3.8) is 0 Å². The van der Waals surface area contributed by atoms with Crippen LogP contribution in [-0.2, 0) is 0 Å². The number of carboxylic acids is 1. The van der Waals surface area contributed by atoms with E-state index in [4.69, 9.17) is 5.11 Å². The van der Waals surface area contributed by atoms with E-state index in [0.29, 0.717) is 11.3 Å². The zero-order chi connectivity index (χ0) is 12.8. The standard InChI is InChI=1S/C12H16BrNO2S/c1-8(5-6-17-2)14-11-7-9(13)3-4-10(11)12(15)16/h3-4,7-8,14H,5-6H2,1-2H3,(H,15,16). The molecule has 0 aliphatic rings. The van der Waals surface area contributed by atoms with Crippen LogP contribution in [-0.4, -0.2) is 29.1 Å². The van der Waals surface area contributed by atoms with Gasteiger partial charge >= 0.3 is 5.97 Å². The molecule has 0 heterocycles. The summed E-state index contributed by atoms with van der Waals surface area (Å²) in [5.41, 5.74) is 0.977. The van der Waals surface area contributed by atoms with E-state index < -0.39 is 5.97 Å². The van der Waals surface area contributed by atoms with Gasteiger partial charge in [-0.2, -0.15) is 11.8 Å². The third-order valence-electron chi connectivity index (χ3n) is 2.37. The Labute approximate surface area is 114 Å². The van der Waals surface area contributed by atoms with Gasteiger partial charge in [-0.1, -0.05) is 15.9 Å². The molecular weight excluding hydrogens is 302 g/mol. The number of nitrogens with one attached hydrogen (secondary N) is 1. The van der Waals surface area contributed by atoms with Crippen molar-refractivity contribution in [2.24, 2.45) is 0 Å². The van der Waals surface area contributed by atoms with Crippen molar-refractivity contribution >= 4 is 39.3 Å². The predicted octanol–water partition coefficient (Wildman–Crippen LogP) is 3.70. The Morgan fingerprint density at radius 2 is 2.29 bits per heavy atom. The van der Waals surface area contributed by atoms with Crippen LogP contribution in [0, 0.1) is 0 Å². The highest BCUT2D eigenvalue weighted by molar-refractivity contribution is 9.10. The summed E-state index contributed by atoms with van der Waals surface area (Å²) in [6.45, 7) is 2.06. The Hall–Kier alpha value is -0.680. The van der Waals surface area contributed by atoms with Gasteiger partial charge in [0.05, 0.1) is 11.3 Å². The number of anilines is 1. The highest BCUT2D eigenvalue weighted by Gasteiger charge is 2.12. The Balaban J connectivity index is 2.81. The van der Waals surface area contributed by atoms with Gasteiger partial charge < -0.3 is 10.4 Å². The topological polar surface area (TPSA) is 49.3 Å². The highest BCUT2D eigenvalue weighted by Crippen LogP contribution is 2.22. The fourth-order valence-corrected chi connectivity index (χ4v) is 2.40. The molecule has 0 radical (unpaired) electrons. The number of rotatable bonds is 6. The number of hydrogen-bond donors (Lipinski definition) is 2. The fourth-order valence-electron chi connectivity index (χ4n) is 1.45. The number of hydrogen-bond acceptors (Lipinski definition) is 3. The molecule has 2 N–H and O–H groups in total. The Morgan fingerprint density at radius 1 is 1.59 bits per heavy atom. The molecule has 0 aliphatic heterocycles. The van der Waals surface area contributed by atoms with Gasteiger partial charge in [0, 0.05) is 10.5 Å². The first kappa shape index (κ1) is 14.4. The number of thioether (sulfide) groups is 1. The molecule has 0 saturated heterocycles. The van der Waals surface area contributed by atoms with Gasteiger partial charge in [0.1, 0.15) is 0 Å². The van der Waals surface area contributed by atoms with E-state index in [1.807, 2.05) is 0 Å². The third kappa shape index (κ3) is 4.60. The van der Waals surface area contributed by atoms with Crippen molar-refractivity contribution in [1.29, 1.82) is 0 Å². The molecular formula is C12H16BrNO2S. The van der Waals surface area contributed by atoms with Gasteiger partial charge in [0.25, 0.3) is 0 Å². The number of carbonyl (C=O) groups is 1. The Bertz CT molecular complexity index is 398.